The van der Waals surface area contributed by atoms with E-state index < -0.39 is 30.4 Å². The highest BCUT2D eigenvalue weighted by molar-refractivity contribution is 5.89. The first-order valence-corrected chi connectivity index (χ1v) is 11.1. The quantitative estimate of drug-likeness (QED) is 0.508. The van der Waals surface area contributed by atoms with Gasteiger partial charge in [0.15, 0.2) is 0 Å². The number of aliphatic hydroxyl groups is 1. The van der Waals surface area contributed by atoms with Crippen molar-refractivity contribution in [3.8, 4) is 11.1 Å². The molecule has 1 atom stereocenters. The first-order valence-electron chi connectivity index (χ1n) is 11.1. The van der Waals surface area contributed by atoms with Gasteiger partial charge in [-0.3, -0.25) is 9.59 Å². The van der Waals surface area contributed by atoms with Gasteiger partial charge in [-0.2, -0.15) is 0 Å². The van der Waals surface area contributed by atoms with E-state index in [0.717, 1.165) is 22.3 Å². The van der Waals surface area contributed by atoms with Crippen LogP contribution in [-0.4, -0.2) is 64.9 Å². The van der Waals surface area contributed by atoms with Gasteiger partial charge in [-0.25, -0.2) is 4.79 Å². The van der Waals surface area contributed by atoms with E-state index in [4.69, 9.17) is 9.84 Å². The van der Waals surface area contributed by atoms with E-state index in [1.807, 2.05) is 48.5 Å². The number of carboxylic acids is 1. The summed E-state index contributed by atoms with van der Waals surface area (Å²) in [5.74, 6) is -1.87. The van der Waals surface area contributed by atoms with Gasteiger partial charge in [0.25, 0.3) is 0 Å². The Morgan fingerprint density at radius 2 is 1.61 bits per heavy atom. The fraction of sp³-hybridized carbons (Fsp3) is 0.400. The molecule has 0 spiro atoms. The molecule has 1 aliphatic carbocycles. The van der Waals surface area contributed by atoms with Crippen molar-refractivity contribution in [3.05, 3.63) is 59.7 Å². The van der Waals surface area contributed by atoms with Crippen molar-refractivity contribution in [1.82, 2.24) is 10.2 Å². The van der Waals surface area contributed by atoms with E-state index in [9.17, 15) is 19.5 Å². The molecule has 2 aromatic rings. The molecule has 1 aliphatic rings. The summed E-state index contributed by atoms with van der Waals surface area (Å²) in [4.78, 5) is 38.3. The van der Waals surface area contributed by atoms with Crippen molar-refractivity contribution in [1.29, 1.82) is 0 Å². The molecule has 176 valence electrons. The Kier molecular flexibility index (Phi) is 8.06. The minimum atomic E-state index is -1.26. The maximum Gasteiger partial charge on any atom is 0.407 e. The average Bonchev–Trinajstić information content (AvgIpc) is 3.10. The van der Waals surface area contributed by atoms with Crippen LogP contribution in [0.15, 0.2) is 48.5 Å². The van der Waals surface area contributed by atoms with Crippen molar-refractivity contribution in [2.75, 3.05) is 19.8 Å². The number of nitrogens with zero attached hydrogens (tertiary/aromatic N) is 1. The molecule has 1 unspecified atom stereocenters. The van der Waals surface area contributed by atoms with Gasteiger partial charge in [-0.15, -0.1) is 0 Å². The molecule has 3 N–H and O–H groups in total. The van der Waals surface area contributed by atoms with E-state index in [1.54, 1.807) is 13.8 Å². The topological polar surface area (TPSA) is 116 Å². The first-order chi connectivity index (χ1) is 15.8. The maximum absolute atomic E-state index is 13.0. The number of nitrogens with one attached hydrogen (secondary N) is 1. The third-order valence-electron chi connectivity index (χ3n) is 5.78. The molecule has 33 heavy (non-hydrogen) atoms. The Labute approximate surface area is 193 Å². The molecule has 2 aromatic carbocycles. The first kappa shape index (κ1) is 24.3. The summed E-state index contributed by atoms with van der Waals surface area (Å²) in [6.07, 6.45) is -1.05. The Morgan fingerprint density at radius 3 is 2.12 bits per heavy atom. The van der Waals surface area contributed by atoms with E-state index in [-0.39, 0.29) is 31.7 Å². The van der Waals surface area contributed by atoms with Crippen LogP contribution in [0.1, 0.15) is 43.7 Å². The van der Waals surface area contributed by atoms with Gasteiger partial charge in [0.2, 0.25) is 5.91 Å². The molecule has 2 amide bonds. The molecule has 0 aliphatic heterocycles. The molecule has 0 fully saturated rings. The average molecular weight is 455 g/mol. The van der Waals surface area contributed by atoms with E-state index >= 15 is 0 Å². The lowest BCUT2D eigenvalue weighted by Crippen LogP contribution is -2.52. The van der Waals surface area contributed by atoms with Gasteiger partial charge in [-0.1, -0.05) is 48.5 Å². The fourth-order valence-electron chi connectivity index (χ4n) is 4.22. The Morgan fingerprint density at radius 1 is 1.03 bits per heavy atom. The molecule has 0 aromatic heterocycles. The molecule has 0 saturated heterocycles. The molecule has 0 saturated carbocycles. The molecular formula is C25H30N2O6. The van der Waals surface area contributed by atoms with Crippen molar-refractivity contribution in [2.45, 2.75) is 44.7 Å². The number of rotatable bonds is 10. The number of hydrogen-bond donors (Lipinski definition) is 3. The van der Waals surface area contributed by atoms with E-state index in [1.165, 1.54) is 4.90 Å². The van der Waals surface area contributed by atoms with E-state index in [2.05, 4.69) is 5.32 Å². The standard InChI is InChI=1S/C25H30N2O6/c1-16(2)27(12-7-13-28)24(31)22(14-23(29)30)26-25(32)33-15-21-19-10-5-3-8-17(19)18-9-4-6-11-20(18)21/h3-6,8-11,16,21-22,28H,7,12-15H2,1-2H3,(H,26,32)(H,29,30). The highest BCUT2D eigenvalue weighted by Gasteiger charge is 2.32. The highest BCUT2D eigenvalue weighted by Crippen LogP contribution is 2.44. The smallest absolute Gasteiger partial charge is 0.407 e. The lowest BCUT2D eigenvalue weighted by atomic mass is 9.98. The maximum atomic E-state index is 13.0. The summed E-state index contributed by atoms with van der Waals surface area (Å²) in [6, 6.07) is 14.4. The number of carbonyl (C=O) groups excluding carboxylic acids is 2. The van der Waals surface area contributed by atoms with Crippen molar-refractivity contribution in [3.63, 3.8) is 0 Å². The van der Waals surface area contributed by atoms with Crippen LogP contribution in [0, 0.1) is 0 Å². The van der Waals surface area contributed by atoms with Gasteiger partial charge in [0.05, 0.1) is 6.42 Å². The van der Waals surface area contributed by atoms with Crippen molar-refractivity contribution >= 4 is 18.0 Å². The number of carbonyl (C=O) groups is 3. The van der Waals surface area contributed by atoms with Crippen LogP contribution in [0.5, 0.6) is 0 Å². The zero-order valence-electron chi connectivity index (χ0n) is 18.9. The summed E-state index contributed by atoms with van der Waals surface area (Å²) in [5, 5.41) is 20.8. The van der Waals surface area contributed by atoms with Crippen LogP contribution in [0.4, 0.5) is 4.79 Å². The van der Waals surface area contributed by atoms with Gasteiger partial charge in [-0.05, 0) is 42.5 Å². The lowest BCUT2D eigenvalue weighted by Gasteiger charge is -2.30. The fourth-order valence-corrected chi connectivity index (χ4v) is 4.22. The van der Waals surface area contributed by atoms with Gasteiger partial charge in [0.1, 0.15) is 12.6 Å². The largest absolute Gasteiger partial charge is 0.481 e. The highest BCUT2D eigenvalue weighted by atomic mass is 16.5. The summed E-state index contributed by atoms with van der Waals surface area (Å²) < 4.78 is 5.47. The number of alkyl carbamates (subject to hydrolysis) is 1. The van der Waals surface area contributed by atoms with Crippen molar-refractivity contribution in [2.24, 2.45) is 0 Å². The van der Waals surface area contributed by atoms with E-state index in [0.29, 0.717) is 6.42 Å². The van der Waals surface area contributed by atoms with Gasteiger partial charge in [0, 0.05) is 25.1 Å². The molecule has 8 nitrogen and oxygen atoms in total. The molecule has 3 rings (SSSR count). The molecule has 0 bridgehead atoms. The molecule has 0 heterocycles. The van der Waals surface area contributed by atoms with Crippen LogP contribution < -0.4 is 5.32 Å². The number of hydrogen-bond acceptors (Lipinski definition) is 5. The number of ether oxygens (including phenoxy) is 1. The molecule has 0 radical (unpaired) electrons. The van der Waals surface area contributed by atoms with Crippen LogP contribution in [0.25, 0.3) is 11.1 Å². The Bertz CT molecular complexity index is 960. The minimum absolute atomic E-state index is 0.0618. The van der Waals surface area contributed by atoms with Crippen LogP contribution >= 0.6 is 0 Å². The van der Waals surface area contributed by atoms with Gasteiger partial charge >= 0.3 is 12.1 Å². The molecular weight excluding hydrogens is 424 g/mol. The number of aliphatic carboxylic acids is 1. The summed E-state index contributed by atoms with van der Waals surface area (Å²) in [6.45, 7) is 3.81. The van der Waals surface area contributed by atoms with Gasteiger partial charge < -0.3 is 25.2 Å². The number of aliphatic hydroxyl groups excluding tert-OH is 1. The third-order valence-corrected chi connectivity index (χ3v) is 5.78. The zero-order chi connectivity index (χ0) is 24.0. The number of carboxylic acid groups (broad SMARTS) is 1. The van der Waals surface area contributed by atoms with Crippen LogP contribution in [0.2, 0.25) is 0 Å². The Hall–Kier alpha value is -3.39. The Balaban J connectivity index is 1.70. The minimum Gasteiger partial charge on any atom is -0.481 e. The SMILES string of the molecule is CC(C)N(CCCO)C(=O)C(CC(=O)O)NC(=O)OCC1c2ccccc2-c2ccccc21. The number of amides is 2. The number of benzene rings is 2. The summed E-state index contributed by atoms with van der Waals surface area (Å²) in [5.41, 5.74) is 4.30. The van der Waals surface area contributed by atoms with Crippen LogP contribution in [0.3, 0.4) is 0 Å². The third kappa shape index (κ3) is 5.70. The summed E-state index contributed by atoms with van der Waals surface area (Å²) in [7, 11) is 0. The van der Waals surface area contributed by atoms with Crippen LogP contribution in [-0.2, 0) is 14.3 Å². The zero-order valence-corrected chi connectivity index (χ0v) is 18.9. The monoisotopic (exact) mass is 454 g/mol. The number of fused-ring (bicyclic) bond motifs is 3. The normalized spacial score (nSPS) is 13.2. The predicted octanol–water partition coefficient (Wildman–Crippen LogP) is 2.99. The summed E-state index contributed by atoms with van der Waals surface area (Å²) >= 11 is 0. The second kappa shape index (κ2) is 11.0. The second-order valence-electron chi connectivity index (χ2n) is 8.32. The van der Waals surface area contributed by atoms with Crippen molar-refractivity contribution < 1.29 is 29.3 Å². The predicted molar refractivity (Wildman–Crippen MR) is 123 cm³/mol. The second-order valence-corrected chi connectivity index (χ2v) is 8.32. The molecule has 8 heteroatoms. The lowest BCUT2D eigenvalue weighted by molar-refractivity contribution is -0.143.